The first-order chi connectivity index (χ1) is 28.9. The molecule has 5 aromatic rings. The van der Waals surface area contributed by atoms with Gasteiger partial charge in [0, 0.05) is 71.8 Å². The van der Waals surface area contributed by atoms with Crippen LogP contribution in [-0.4, -0.2) is 70.4 Å². The molecule has 0 radical (unpaired) electrons. The van der Waals surface area contributed by atoms with Gasteiger partial charge in [0.15, 0.2) is 0 Å². The Kier molecular flexibility index (Phi) is 11.2. The van der Waals surface area contributed by atoms with Crippen LogP contribution >= 0.6 is 0 Å². The molecule has 0 saturated carbocycles. The zero-order valence-electron chi connectivity index (χ0n) is 34.4. The summed E-state index contributed by atoms with van der Waals surface area (Å²) in [6.45, 7) is 22.5. The predicted molar refractivity (Wildman–Crippen MR) is 235 cm³/mol. The van der Waals surface area contributed by atoms with Gasteiger partial charge in [0.1, 0.15) is 43.2 Å². The highest BCUT2D eigenvalue weighted by Gasteiger charge is 2.57. The van der Waals surface area contributed by atoms with Crippen LogP contribution in [0, 0.1) is 29.5 Å². The Bertz CT molecular complexity index is 2190. The van der Waals surface area contributed by atoms with Crippen molar-refractivity contribution in [1.29, 1.82) is 0 Å². The second-order valence-electron chi connectivity index (χ2n) is 17.9. The molecular formula is C52H59FN4O2+2. The number of halogens is 1. The van der Waals surface area contributed by atoms with Gasteiger partial charge in [-0.1, -0.05) is 78.9 Å². The number of ether oxygens (including phenoxy) is 2. The third kappa shape index (κ3) is 7.20. The molecule has 0 unspecified atom stereocenters. The summed E-state index contributed by atoms with van der Waals surface area (Å²) in [5.74, 6) is 1.74. The van der Waals surface area contributed by atoms with E-state index >= 15 is 4.39 Å². The number of rotatable bonds is 16. The molecule has 10 atom stereocenters. The lowest BCUT2D eigenvalue weighted by Gasteiger charge is -2.59. The number of hydrogen-bond acceptors (Lipinski definition) is 4. The third-order valence-corrected chi connectivity index (χ3v) is 14.9. The minimum Gasteiger partial charge on any atom is -0.363 e. The topological polar surface area (TPSA) is 44.2 Å². The smallest absolute Gasteiger partial charge is 0.140 e. The lowest BCUT2D eigenvalue weighted by molar-refractivity contribution is -0.985. The van der Waals surface area contributed by atoms with Crippen molar-refractivity contribution >= 4 is 21.8 Å². The highest BCUT2D eigenvalue weighted by atomic mass is 19.1. The van der Waals surface area contributed by atoms with Gasteiger partial charge in [-0.25, -0.2) is 4.39 Å². The van der Waals surface area contributed by atoms with E-state index in [2.05, 4.69) is 93.1 Å². The van der Waals surface area contributed by atoms with Crippen molar-refractivity contribution in [3.63, 3.8) is 0 Å². The number of quaternary nitrogens is 2. The number of para-hydroxylation sites is 2. The summed E-state index contributed by atoms with van der Waals surface area (Å²) in [6.07, 6.45) is 15.6. The number of fused-ring (bicyclic) bond motifs is 8. The van der Waals surface area contributed by atoms with Gasteiger partial charge in [0.25, 0.3) is 0 Å². The van der Waals surface area contributed by atoms with E-state index in [1.165, 1.54) is 0 Å². The van der Waals surface area contributed by atoms with Gasteiger partial charge in [-0.3, -0.25) is 9.97 Å². The standard InChI is InChI=1S/C52H59FN4O2/c1-5-28-58-51(44-20-24-54-46-18-11-9-16-42(44)46)48-30-38-22-26-56(48,32-36(38)7-3)34-40-14-13-15-41(50(40)53)35-57-27-23-39(37(8-4)33-57)31-49(57)52(59-29-6-2)45-21-25-55-47-19-12-10-17-43(45)47/h5-21,24-25,36-39,48-49,51-52H,1-4,22-23,26-35H2/q+2/t36-,37-,38-,39-,48+,49+,51+,52+,56-,57-/m0/s1. The molecule has 0 amide bonds. The summed E-state index contributed by atoms with van der Waals surface area (Å²) in [5, 5.41) is 2.22. The lowest BCUT2D eigenvalue weighted by Crippen LogP contribution is -2.68. The quantitative estimate of drug-likeness (QED) is 0.0738. The monoisotopic (exact) mass is 790 g/mol. The molecule has 4 bridgehead atoms. The molecular weight excluding hydrogens is 732 g/mol. The highest BCUT2D eigenvalue weighted by Crippen LogP contribution is 2.51. The Morgan fingerprint density at radius 3 is 1.53 bits per heavy atom. The van der Waals surface area contributed by atoms with Crippen LogP contribution in [0.1, 0.15) is 60.1 Å². The maximum Gasteiger partial charge on any atom is 0.140 e. The number of piperidine rings is 6. The molecule has 6 aliphatic rings. The summed E-state index contributed by atoms with van der Waals surface area (Å²) in [7, 11) is 0. The molecule has 7 heteroatoms. The van der Waals surface area contributed by atoms with Crippen LogP contribution < -0.4 is 0 Å². The maximum absolute atomic E-state index is 17.7. The molecule has 6 fully saturated rings. The number of hydrogen-bond donors (Lipinski definition) is 0. The fraction of sp³-hybridized carbons (Fsp3) is 0.385. The minimum absolute atomic E-state index is 0.0634. The van der Waals surface area contributed by atoms with Crippen LogP contribution in [0.3, 0.4) is 0 Å². The molecule has 6 saturated heterocycles. The zero-order chi connectivity index (χ0) is 40.6. The summed E-state index contributed by atoms with van der Waals surface area (Å²) < 4.78 is 32.9. The van der Waals surface area contributed by atoms with E-state index in [9.17, 15) is 0 Å². The number of pyridine rings is 2. The van der Waals surface area contributed by atoms with E-state index in [1.54, 1.807) is 0 Å². The van der Waals surface area contributed by atoms with Crippen molar-refractivity contribution in [2.75, 3.05) is 39.4 Å². The SMILES string of the molecule is C=CCO[C@H](c1ccnc2ccccc12)[C@H]1C[C@@H]2CC[N@@+]1(Cc1cccc(C[N@@+]34CC[C@@H](C[C@@H]3[C@H](OCC=C)c3ccnc5ccccc35)[C@@H](C=C)C4)c1F)C[C@@H]2C=C. The first-order valence-electron chi connectivity index (χ1n) is 21.8. The van der Waals surface area contributed by atoms with Crippen LogP contribution in [-0.2, 0) is 22.6 Å². The van der Waals surface area contributed by atoms with Crippen LogP contribution in [0.5, 0.6) is 0 Å². The van der Waals surface area contributed by atoms with Gasteiger partial charge in [-0.05, 0) is 47.2 Å². The van der Waals surface area contributed by atoms with Gasteiger partial charge >= 0.3 is 0 Å². The predicted octanol–water partition coefficient (Wildman–Crippen LogP) is 10.6. The van der Waals surface area contributed by atoms with E-state index < -0.39 is 0 Å². The van der Waals surface area contributed by atoms with Gasteiger partial charge in [0.2, 0.25) is 0 Å². The van der Waals surface area contributed by atoms with Crippen molar-refractivity contribution in [3.05, 3.63) is 170 Å². The normalized spacial score (nSPS) is 29.6. The summed E-state index contributed by atoms with van der Waals surface area (Å²) >= 11 is 0. The summed E-state index contributed by atoms with van der Waals surface area (Å²) in [6, 6.07) is 27.4. The van der Waals surface area contributed by atoms with Crippen molar-refractivity contribution in [1.82, 2.24) is 9.97 Å². The first kappa shape index (κ1) is 39.7. The Hall–Kier alpha value is -4.79. The summed E-state index contributed by atoms with van der Waals surface area (Å²) in [4.78, 5) is 9.40. The highest BCUT2D eigenvalue weighted by molar-refractivity contribution is 5.83. The second kappa shape index (κ2) is 16.7. The number of aromatic nitrogens is 2. The molecule has 0 N–H and O–H groups in total. The van der Waals surface area contributed by atoms with Crippen LogP contribution in [0.25, 0.3) is 21.8 Å². The van der Waals surface area contributed by atoms with E-state index in [1.807, 2.05) is 48.8 Å². The lowest BCUT2D eigenvalue weighted by atomic mass is 9.70. The van der Waals surface area contributed by atoms with Gasteiger partial charge in [-0.2, -0.15) is 0 Å². The Morgan fingerprint density at radius 2 is 1.08 bits per heavy atom. The molecule has 6 aliphatic heterocycles. The average molecular weight is 791 g/mol. The van der Waals surface area contributed by atoms with Crippen molar-refractivity contribution in [2.24, 2.45) is 23.7 Å². The molecule has 8 heterocycles. The molecule has 0 spiro atoms. The van der Waals surface area contributed by atoms with E-state index in [4.69, 9.17) is 19.4 Å². The van der Waals surface area contributed by atoms with Crippen molar-refractivity contribution in [3.8, 4) is 0 Å². The van der Waals surface area contributed by atoms with Gasteiger partial charge in [-0.15, -0.1) is 26.3 Å². The number of benzene rings is 3. The average Bonchev–Trinajstić information content (AvgIpc) is 3.28. The second-order valence-corrected chi connectivity index (χ2v) is 17.9. The molecule has 11 rings (SSSR count). The van der Waals surface area contributed by atoms with Crippen LogP contribution in [0.2, 0.25) is 0 Å². The molecule has 0 aliphatic carbocycles. The van der Waals surface area contributed by atoms with E-state index in [0.29, 0.717) is 50.0 Å². The largest absolute Gasteiger partial charge is 0.363 e. The fourth-order valence-corrected chi connectivity index (χ4v) is 12.2. The molecule has 304 valence electrons. The van der Waals surface area contributed by atoms with Crippen LogP contribution in [0.4, 0.5) is 4.39 Å². The first-order valence-corrected chi connectivity index (χ1v) is 21.8. The van der Waals surface area contributed by atoms with Gasteiger partial charge < -0.3 is 18.4 Å². The summed E-state index contributed by atoms with van der Waals surface area (Å²) in [5.41, 5.74) is 5.81. The Labute approximate surface area is 349 Å². The fourth-order valence-electron chi connectivity index (χ4n) is 12.2. The molecule has 2 aromatic heterocycles. The number of nitrogens with zero attached hydrogens (tertiary/aromatic N) is 4. The van der Waals surface area contributed by atoms with Crippen LogP contribution in [0.15, 0.2) is 142 Å². The Balaban J connectivity index is 1.09. The zero-order valence-corrected chi connectivity index (χ0v) is 34.4. The van der Waals surface area contributed by atoms with Crippen molar-refractivity contribution in [2.45, 2.75) is 63.1 Å². The minimum atomic E-state index is -0.193. The molecule has 6 nitrogen and oxygen atoms in total. The van der Waals surface area contributed by atoms with Crippen molar-refractivity contribution < 1.29 is 22.8 Å². The third-order valence-electron chi connectivity index (χ3n) is 14.9. The maximum atomic E-state index is 17.7. The van der Waals surface area contributed by atoms with E-state index in [0.717, 1.165) is 105 Å². The molecule has 3 aromatic carbocycles. The Morgan fingerprint density at radius 1 is 0.627 bits per heavy atom. The van der Waals surface area contributed by atoms with E-state index in [-0.39, 0.29) is 30.1 Å². The van der Waals surface area contributed by atoms with Gasteiger partial charge in [0.05, 0.1) is 50.4 Å². The molecule has 59 heavy (non-hydrogen) atoms.